The van der Waals surface area contributed by atoms with Crippen LogP contribution in [-0.2, 0) is 13.2 Å². The molecule has 2 heterocycles. The second kappa shape index (κ2) is 9.75. The number of thiophene rings is 1. The van der Waals surface area contributed by atoms with Crippen LogP contribution in [0, 0.1) is 0 Å². The Balaban J connectivity index is 1.34. The van der Waals surface area contributed by atoms with E-state index in [1.165, 1.54) is 11.3 Å². The number of rotatable bonds is 7. The minimum Gasteiger partial charge on any atom is -0.489 e. The zero-order chi connectivity index (χ0) is 21.8. The van der Waals surface area contributed by atoms with E-state index in [1.54, 1.807) is 47.3 Å². The summed E-state index contributed by atoms with van der Waals surface area (Å²) >= 11 is 19.5. The van der Waals surface area contributed by atoms with Crippen LogP contribution in [-0.4, -0.2) is 15.7 Å². The van der Waals surface area contributed by atoms with E-state index in [0.29, 0.717) is 44.7 Å². The van der Waals surface area contributed by atoms with Gasteiger partial charge in [0.05, 0.1) is 11.4 Å². The number of carbonyl (C=O) groups excluding carboxylic acids is 1. The third kappa shape index (κ3) is 5.80. The van der Waals surface area contributed by atoms with Gasteiger partial charge in [-0.15, -0.1) is 11.3 Å². The van der Waals surface area contributed by atoms with E-state index in [4.69, 9.17) is 39.5 Å². The number of amides is 1. The molecule has 0 fully saturated rings. The van der Waals surface area contributed by atoms with E-state index in [-0.39, 0.29) is 5.91 Å². The van der Waals surface area contributed by atoms with Crippen LogP contribution >= 0.6 is 46.1 Å². The average molecular weight is 493 g/mol. The number of halogens is 3. The molecule has 5 nitrogen and oxygen atoms in total. The fraction of sp³-hybridized carbons (Fsp3) is 0.0909. The van der Waals surface area contributed by atoms with Crippen molar-refractivity contribution in [2.24, 2.45) is 0 Å². The van der Waals surface area contributed by atoms with E-state index in [0.717, 1.165) is 11.1 Å². The highest BCUT2D eigenvalue weighted by molar-refractivity contribution is 7.12. The molecule has 1 N–H and O–H groups in total. The molecule has 2 aromatic carbocycles. The Morgan fingerprint density at radius 3 is 2.71 bits per heavy atom. The number of carbonyl (C=O) groups is 1. The van der Waals surface area contributed by atoms with E-state index < -0.39 is 0 Å². The van der Waals surface area contributed by atoms with Gasteiger partial charge < -0.3 is 10.1 Å². The normalized spacial score (nSPS) is 10.8. The Bertz CT molecular complexity index is 1220. The van der Waals surface area contributed by atoms with Gasteiger partial charge in [0.1, 0.15) is 12.4 Å². The smallest absolute Gasteiger partial charge is 0.266 e. The summed E-state index contributed by atoms with van der Waals surface area (Å²) < 4.78 is 7.41. The van der Waals surface area contributed by atoms with E-state index in [1.807, 2.05) is 23.6 Å². The second-order valence-corrected chi connectivity index (χ2v) is 8.84. The first-order valence-electron chi connectivity index (χ1n) is 9.21. The van der Waals surface area contributed by atoms with Gasteiger partial charge >= 0.3 is 0 Å². The van der Waals surface area contributed by atoms with Crippen LogP contribution in [0.3, 0.4) is 0 Å². The topological polar surface area (TPSA) is 56.2 Å². The van der Waals surface area contributed by atoms with Crippen LogP contribution in [0.5, 0.6) is 5.75 Å². The summed E-state index contributed by atoms with van der Waals surface area (Å²) in [4.78, 5) is 13.1. The van der Waals surface area contributed by atoms with Crippen molar-refractivity contribution in [3.8, 4) is 5.75 Å². The third-order valence-corrected chi connectivity index (χ3v) is 6.11. The van der Waals surface area contributed by atoms with E-state index in [2.05, 4.69) is 10.4 Å². The molecule has 0 spiro atoms. The minimum absolute atomic E-state index is 0.228. The van der Waals surface area contributed by atoms with Crippen molar-refractivity contribution in [2.75, 3.05) is 5.32 Å². The first-order chi connectivity index (χ1) is 15.0. The van der Waals surface area contributed by atoms with Gasteiger partial charge in [-0.25, -0.2) is 0 Å². The molecule has 0 aliphatic carbocycles. The zero-order valence-electron chi connectivity index (χ0n) is 16.0. The summed E-state index contributed by atoms with van der Waals surface area (Å²) in [6.45, 7) is 0.816. The van der Waals surface area contributed by atoms with Crippen LogP contribution in [0.25, 0.3) is 0 Å². The van der Waals surface area contributed by atoms with Crippen molar-refractivity contribution in [3.05, 3.63) is 97.2 Å². The molecule has 0 radical (unpaired) electrons. The molecule has 2 aromatic heterocycles. The second-order valence-electron chi connectivity index (χ2n) is 6.65. The van der Waals surface area contributed by atoms with Crippen molar-refractivity contribution in [1.82, 2.24) is 9.78 Å². The van der Waals surface area contributed by atoms with Gasteiger partial charge in [0.15, 0.2) is 5.82 Å². The number of nitrogens with one attached hydrogen (secondary N) is 1. The van der Waals surface area contributed by atoms with Gasteiger partial charge in [0.2, 0.25) is 0 Å². The molecule has 0 saturated heterocycles. The van der Waals surface area contributed by atoms with Gasteiger partial charge in [-0.2, -0.15) is 5.10 Å². The number of benzene rings is 2. The van der Waals surface area contributed by atoms with E-state index in [9.17, 15) is 4.79 Å². The molecular formula is C22H16Cl3N3O2S. The lowest BCUT2D eigenvalue weighted by Gasteiger charge is -2.05. The Labute approximate surface area is 198 Å². The third-order valence-electron chi connectivity index (χ3n) is 4.31. The molecular weight excluding hydrogens is 477 g/mol. The summed E-state index contributed by atoms with van der Waals surface area (Å²) in [5.74, 6) is 0.907. The maximum absolute atomic E-state index is 12.6. The van der Waals surface area contributed by atoms with Crippen molar-refractivity contribution >= 4 is 57.9 Å². The predicted molar refractivity (Wildman–Crippen MR) is 126 cm³/mol. The molecule has 1 amide bonds. The molecule has 0 unspecified atom stereocenters. The molecule has 4 aromatic rings. The predicted octanol–water partition coefficient (Wildman–Crippen LogP) is 6.78. The first-order valence-corrected chi connectivity index (χ1v) is 11.2. The Morgan fingerprint density at radius 2 is 1.90 bits per heavy atom. The quantitative estimate of drug-likeness (QED) is 0.309. The van der Waals surface area contributed by atoms with Gasteiger partial charge in [-0.05, 0) is 47.3 Å². The summed E-state index contributed by atoms with van der Waals surface area (Å²) in [7, 11) is 0. The number of hydrogen-bond acceptors (Lipinski definition) is 4. The standard InChI is InChI=1S/C22H16Cl3N3O2S/c23-16-2-1-3-18(9-16)30-12-14-8-20(31-13-14)22(29)26-21-6-7-28(27-21)11-15-4-5-17(24)10-19(15)25/h1-10,13H,11-12H2,(H,26,27,29). The molecule has 158 valence electrons. The highest BCUT2D eigenvalue weighted by Crippen LogP contribution is 2.23. The molecule has 0 aliphatic heterocycles. The number of hydrogen-bond donors (Lipinski definition) is 1. The molecule has 0 saturated carbocycles. The maximum atomic E-state index is 12.6. The monoisotopic (exact) mass is 491 g/mol. The average Bonchev–Trinajstić information content (AvgIpc) is 3.38. The van der Waals surface area contributed by atoms with Crippen molar-refractivity contribution < 1.29 is 9.53 Å². The molecule has 31 heavy (non-hydrogen) atoms. The van der Waals surface area contributed by atoms with Gasteiger partial charge in [0.25, 0.3) is 5.91 Å². The van der Waals surface area contributed by atoms with Gasteiger partial charge in [-0.3, -0.25) is 9.48 Å². The fourth-order valence-corrected chi connectivity index (χ4v) is 4.25. The lowest BCUT2D eigenvalue weighted by Crippen LogP contribution is -2.11. The molecule has 0 aliphatic rings. The number of aromatic nitrogens is 2. The number of nitrogens with zero attached hydrogens (tertiary/aromatic N) is 2. The summed E-state index contributed by atoms with van der Waals surface area (Å²) in [6.07, 6.45) is 1.78. The Morgan fingerprint density at radius 1 is 1.06 bits per heavy atom. The molecule has 9 heteroatoms. The van der Waals surface area contributed by atoms with Gasteiger partial charge in [-0.1, -0.05) is 46.9 Å². The molecule has 0 bridgehead atoms. The lowest BCUT2D eigenvalue weighted by atomic mass is 10.2. The summed E-state index contributed by atoms with van der Waals surface area (Å²) in [5, 5.41) is 10.8. The Hall–Kier alpha value is -2.51. The molecule has 0 atom stereocenters. The van der Waals surface area contributed by atoms with Crippen molar-refractivity contribution in [1.29, 1.82) is 0 Å². The van der Waals surface area contributed by atoms with Crippen molar-refractivity contribution in [3.63, 3.8) is 0 Å². The van der Waals surface area contributed by atoms with Crippen molar-refractivity contribution in [2.45, 2.75) is 13.2 Å². The lowest BCUT2D eigenvalue weighted by molar-refractivity contribution is 0.103. The largest absolute Gasteiger partial charge is 0.489 e. The zero-order valence-corrected chi connectivity index (χ0v) is 19.1. The maximum Gasteiger partial charge on any atom is 0.266 e. The SMILES string of the molecule is O=C(Nc1ccn(Cc2ccc(Cl)cc2Cl)n1)c1cc(COc2cccc(Cl)c2)cs1. The van der Waals surface area contributed by atoms with E-state index >= 15 is 0 Å². The summed E-state index contributed by atoms with van der Waals surface area (Å²) in [5.41, 5.74) is 1.78. The van der Waals surface area contributed by atoms with Crippen LogP contribution in [0.2, 0.25) is 15.1 Å². The van der Waals surface area contributed by atoms with Crippen LogP contribution in [0.4, 0.5) is 5.82 Å². The minimum atomic E-state index is -0.228. The van der Waals surface area contributed by atoms with Gasteiger partial charge in [0, 0.05) is 32.9 Å². The number of ether oxygens (including phenoxy) is 1. The summed E-state index contributed by atoms with van der Waals surface area (Å²) in [6, 6.07) is 16.0. The number of anilines is 1. The molecule has 4 rings (SSSR count). The highest BCUT2D eigenvalue weighted by atomic mass is 35.5. The van der Waals surface area contributed by atoms with Crippen LogP contribution in [0.1, 0.15) is 20.8 Å². The fourth-order valence-electron chi connectivity index (χ4n) is 2.81. The first kappa shape index (κ1) is 21.7. The van der Waals surface area contributed by atoms with Crippen LogP contribution in [0.15, 0.2) is 66.2 Å². The van der Waals surface area contributed by atoms with Crippen LogP contribution < -0.4 is 10.1 Å². The highest BCUT2D eigenvalue weighted by Gasteiger charge is 2.12. The Kier molecular flexibility index (Phi) is 6.83.